The lowest BCUT2D eigenvalue weighted by atomic mass is 10.2. The molecule has 0 fully saturated rings. The minimum Gasteiger partial charge on any atom is -0.354 e. The molecule has 1 aromatic heterocycles. The molecule has 86 valence electrons. The topological polar surface area (TPSA) is 30.5 Å². The van der Waals surface area contributed by atoms with Gasteiger partial charge in [0.2, 0.25) is 0 Å². The lowest BCUT2D eigenvalue weighted by Gasteiger charge is -2.24. The third-order valence-electron chi connectivity index (χ3n) is 2.06. The molecule has 0 aromatic carbocycles. The van der Waals surface area contributed by atoms with E-state index in [2.05, 4.69) is 5.32 Å². The van der Waals surface area contributed by atoms with Crippen LogP contribution >= 0.6 is 22.9 Å². The normalized spacial score (nSPS) is 13.4. The van der Waals surface area contributed by atoms with Gasteiger partial charge in [0.15, 0.2) is 6.29 Å². The quantitative estimate of drug-likeness (QED) is 0.787. The lowest BCUT2D eigenvalue weighted by molar-refractivity contribution is -0.123. The molecule has 1 unspecified atom stereocenters. The molecule has 1 aromatic rings. The summed E-state index contributed by atoms with van der Waals surface area (Å²) in [4.78, 5) is 1.12. The van der Waals surface area contributed by atoms with E-state index in [9.17, 15) is 0 Å². The van der Waals surface area contributed by atoms with E-state index in [-0.39, 0.29) is 12.3 Å². The Morgan fingerprint density at radius 2 is 2.07 bits per heavy atom. The van der Waals surface area contributed by atoms with Crippen LogP contribution in [0.2, 0.25) is 4.34 Å². The number of hydrogen-bond acceptors (Lipinski definition) is 4. The Bertz CT molecular complexity index is 289. The van der Waals surface area contributed by atoms with E-state index in [4.69, 9.17) is 21.1 Å². The number of likely N-dealkylation sites (N-methyl/N-ethyl adjacent to an activating group) is 1. The van der Waals surface area contributed by atoms with Gasteiger partial charge in [0.25, 0.3) is 0 Å². The van der Waals surface area contributed by atoms with Gasteiger partial charge in [-0.05, 0) is 18.7 Å². The zero-order chi connectivity index (χ0) is 11.3. The Balaban J connectivity index is 2.81. The van der Waals surface area contributed by atoms with Crippen LogP contribution in [0.15, 0.2) is 12.1 Å². The summed E-state index contributed by atoms with van der Waals surface area (Å²) >= 11 is 7.44. The van der Waals surface area contributed by atoms with Crippen molar-refractivity contribution < 1.29 is 9.47 Å². The minimum absolute atomic E-state index is 0.0301. The van der Waals surface area contributed by atoms with E-state index in [1.807, 2.05) is 19.1 Å². The van der Waals surface area contributed by atoms with Crippen LogP contribution in [0.3, 0.4) is 0 Å². The Hall–Kier alpha value is -0.130. The number of methoxy groups -OCH3 is 2. The minimum atomic E-state index is -0.292. The highest BCUT2D eigenvalue weighted by Gasteiger charge is 2.23. The first-order valence-corrected chi connectivity index (χ1v) is 5.96. The van der Waals surface area contributed by atoms with Crippen LogP contribution in [0.1, 0.15) is 17.8 Å². The van der Waals surface area contributed by atoms with E-state index in [0.717, 1.165) is 15.8 Å². The van der Waals surface area contributed by atoms with Gasteiger partial charge in [0.05, 0.1) is 10.4 Å². The second-order valence-electron chi connectivity index (χ2n) is 3.02. The standard InChI is InChI=1S/C10H16ClNO2S/c1-4-12-9(10(13-2)14-3)7-5-6-8(11)15-7/h5-6,9-10,12H,4H2,1-3H3. The number of halogens is 1. The molecule has 0 aliphatic rings. The first kappa shape index (κ1) is 12.9. The molecule has 0 saturated heterocycles. The second-order valence-corrected chi connectivity index (χ2v) is 4.76. The summed E-state index contributed by atoms with van der Waals surface area (Å²) in [6.07, 6.45) is -0.292. The zero-order valence-corrected chi connectivity index (χ0v) is 10.7. The van der Waals surface area contributed by atoms with Gasteiger partial charge in [-0.15, -0.1) is 11.3 Å². The van der Waals surface area contributed by atoms with Crippen molar-refractivity contribution in [2.24, 2.45) is 0 Å². The third-order valence-corrected chi connectivity index (χ3v) is 3.38. The van der Waals surface area contributed by atoms with Gasteiger partial charge < -0.3 is 14.8 Å². The maximum Gasteiger partial charge on any atom is 0.177 e. The van der Waals surface area contributed by atoms with Crippen molar-refractivity contribution in [1.29, 1.82) is 0 Å². The predicted molar refractivity (Wildman–Crippen MR) is 63.6 cm³/mol. The summed E-state index contributed by atoms with van der Waals surface area (Å²) in [5, 5.41) is 3.32. The fraction of sp³-hybridized carbons (Fsp3) is 0.600. The van der Waals surface area contributed by atoms with Crippen LogP contribution in [-0.4, -0.2) is 27.1 Å². The van der Waals surface area contributed by atoms with Crippen LogP contribution in [0.5, 0.6) is 0 Å². The van der Waals surface area contributed by atoms with Crippen LogP contribution in [0.4, 0.5) is 0 Å². The highest BCUT2D eigenvalue weighted by atomic mass is 35.5. The Morgan fingerprint density at radius 1 is 1.40 bits per heavy atom. The molecule has 3 nitrogen and oxygen atoms in total. The molecule has 0 radical (unpaired) electrons. The van der Waals surface area contributed by atoms with Crippen molar-refractivity contribution in [1.82, 2.24) is 5.32 Å². The number of thiophene rings is 1. The number of nitrogens with one attached hydrogen (secondary N) is 1. The zero-order valence-electron chi connectivity index (χ0n) is 9.12. The highest BCUT2D eigenvalue weighted by Crippen LogP contribution is 2.29. The molecule has 0 amide bonds. The van der Waals surface area contributed by atoms with E-state index >= 15 is 0 Å². The van der Waals surface area contributed by atoms with Crippen molar-refractivity contribution in [3.8, 4) is 0 Å². The Labute approximate surface area is 99.3 Å². The summed E-state index contributed by atoms with van der Waals surface area (Å²) in [6, 6.07) is 3.90. The first-order valence-electron chi connectivity index (χ1n) is 4.77. The van der Waals surface area contributed by atoms with Gasteiger partial charge in [0, 0.05) is 19.1 Å². The van der Waals surface area contributed by atoms with Crippen LogP contribution in [0, 0.1) is 0 Å². The lowest BCUT2D eigenvalue weighted by Crippen LogP contribution is -2.33. The molecule has 0 bridgehead atoms. The van der Waals surface area contributed by atoms with Crippen molar-refractivity contribution in [3.05, 3.63) is 21.3 Å². The maximum absolute atomic E-state index is 5.90. The highest BCUT2D eigenvalue weighted by molar-refractivity contribution is 7.16. The summed E-state index contributed by atoms with van der Waals surface area (Å²) < 4.78 is 11.3. The molecule has 15 heavy (non-hydrogen) atoms. The van der Waals surface area contributed by atoms with E-state index in [1.165, 1.54) is 11.3 Å². The predicted octanol–water partition coefficient (Wildman–Crippen LogP) is 2.67. The van der Waals surface area contributed by atoms with Crippen molar-refractivity contribution in [2.45, 2.75) is 19.3 Å². The molecule has 5 heteroatoms. The molecule has 1 rings (SSSR count). The molecule has 1 heterocycles. The fourth-order valence-corrected chi connectivity index (χ4v) is 2.56. The van der Waals surface area contributed by atoms with E-state index in [1.54, 1.807) is 14.2 Å². The van der Waals surface area contributed by atoms with Gasteiger partial charge in [-0.2, -0.15) is 0 Å². The monoisotopic (exact) mass is 249 g/mol. The molecule has 0 saturated carbocycles. The van der Waals surface area contributed by atoms with Crippen molar-refractivity contribution >= 4 is 22.9 Å². The number of rotatable bonds is 6. The molecular weight excluding hydrogens is 234 g/mol. The average molecular weight is 250 g/mol. The number of ether oxygens (including phenoxy) is 2. The van der Waals surface area contributed by atoms with Crippen molar-refractivity contribution in [3.63, 3.8) is 0 Å². The average Bonchev–Trinajstić information content (AvgIpc) is 2.65. The fourth-order valence-electron chi connectivity index (χ4n) is 1.41. The van der Waals surface area contributed by atoms with Gasteiger partial charge in [-0.3, -0.25) is 0 Å². The van der Waals surface area contributed by atoms with Gasteiger partial charge >= 0.3 is 0 Å². The van der Waals surface area contributed by atoms with Gasteiger partial charge in [-0.25, -0.2) is 0 Å². The molecule has 0 aliphatic carbocycles. The summed E-state index contributed by atoms with van der Waals surface area (Å²) in [5.74, 6) is 0. The van der Waals surface area contributed by atoms with Crippen LogP contribution in [-0.2, 0) is 9.47 Å². The smallest absolute Gasteiger partial charge is 0.177 e. The SMILES string of the molecule is CCNC(c1ccc(Cl)s1)C(OC)OC. The van der Waals surface area contributed by atoms with E-state index in [0.29, 0.717) is 0 Å². The third kappa shape index (κ3) is 3.43. The second kappa shape index (κ2) is 6.45. The maximum atomic E-state index is 5.90. The molecular formula is C10H16ClNO2S. The molecule has 0 aliphatic heterocycles. The van der Waals surface area contributed by atoms with Gasteiger partial charge in [0.1, 0.15) is 0 Å². The van der Waals surface area contributed by atoms with E-state index < -0.39 is 0 Å². The largest absolute Gasteiger partial charge is 0.354 e. The Morgan fingerprint density at radius 3 is 2.47 bits per heavy atom. The summed E-state index contributed by atoms with van der Waals surface area (Å²) in [6.45, 7) is 2.90. The number of hydrogen-bond donors (Lipinski definition) is 1. The van der Waals surface area contributed by atoms with Crippen molar-refractivity contribution in [2.75, 3.05) is 20.8 Å². The summed E-state index contributed by atoms with van der Waals surface area (Å²) in [7, 11) is 3.27. The molecule has 1 atom stereocenters. The molecule has 0 spiro atoms. The molecule has 1 N–H and O–H groups in total. The van der Waals surface area contributed by atoms with Crippen LogP contribution < -0.4 is 5.32 Å². The van der Waals surface area contributed by atoms with Gasteiger partial charge in [-0.1, -0.05) is 18.5 Å². The Kier molecular flexibility index (Phi) is 5.56. The summed E-state index contributed by atoms with van der Waals surface area (Å²) in [5.41, 5.74) is 0. The van der Waals surface area contributed by atoms with Crippen LogP contribution in [0.25, 0.3) is 0 Å². The first-order chi connectivity index (χ1) is 7.22.